The third kappa shape index (κ3) is 6.63. The Morgan fingerprint density at radius 1 is 1.36 bits per heavy atom. The van der Waals surface area contributed by atoms with E-state index in [1.54, 1.807) is 31.1 Å². The van der Waals surface area contributed by atoms with E-state index in [1.807, 2.05) is 0 Å². The summed E-state index contributed by atoms with van der Waals surface area (Å²) in [6, 6.07) is 6.61. The van der Waals surface area contributed by atoms with Crippen LogP contribution in [0.1, 0.15) is 26.2 Å². The first kappa shape index (κ1) is 24.9. The number of nitrogens with zero attached hydrogens (tertiary/aromatic N) is 2. The standard InChI is InChI=1S/C24H34FN5O3/c1-16(17(2)28-20-6-4-5-18(25)13-20)23(27-15-26)24(31)30-10-7-19(8-11-30)29-21-9-12-33-14-22(21)32-3/h4-6,13,15,19,21-22,28-29H,2,7-12,14H2,1,3H3,(H2,26,27)/b23-16-. The summed E-state index contributed by atoms with van der Waals surface area (Å²) in [5, 5.41) is 6.72. The Kier molecular flexibility index (Phi) is 8.99. The van der Waals surface area contributed by atoms with Crippen LogP contribution in [-0.2, 0) is 14.3 Å². The van der Waals surface area contributed by atoms with Gasteiger partial charge in [-0.25, -0.2) is 9.38 Å². The number of nitrogens with two attached hydrogens (primary N) is 1. The highest BCUT2D eigenvalue weighted by molar-refractivity contribution is 5.96. The van der Waals surface area contributed by atoms with Gasteiger partial charge in [-0.15, -0.1) is 0 Å². The Morgan fingerprint density at radius 2 is 2.12 bits per heavy atom. The third-order valence-corrected chi connectivity index (χ3v) is 6.17. The van der Waals surface area contributed by atoms with E-state index in [-0.39, 0.29) is 29.6 Å². The van der Waals surface area contributed by atoms with Crippen LogP contribution >= 0.6 is 0 Å². The molecule has 0 aromatic heterocycles. The van der Waals surface area contributed by atoms with Crippen LogP contribution in [0, 0.1) is 5.82 Å². The second-order valence-corrected chi connectivity index (χ2v) is 8.34. The Labute approximate surface area is 194 Å². The summed E-state index contributed by atoms with van der Waals surface area (Å²) in [6.45, 7) is 8.29. The molecule has 0 spiro atoms. The molecular formula is C24H34FN5O3. The highest BCUT2D eigenvalue weighted by atomic mass is 19.1. The van der Waals surface area contributed by atoms with Gasteiger partial charge in [-0.2, -0.15) is 0 Å². The summed E-state index contributed by atoms with van der Waals surface area (Å²) < 4.78 is 24.5. The first-order valence-electron chi connectivity index (χ1n) is 11.3. The molecule has 9 heteroatoms. The van der Waals surface area contributed by atoms with Gasteiger partial charge in [-0.1, -0.05) is 12.6 Å². The van der Waals surface area contributed by atoms with Crippen molar-refractivity contribution >= 4 is 17.9 Å². The van der Waals surface area contributed by atoms with Crippen molar-refractivity contribution in [3.05, 3.63) is 53.6 Å². The van der Waals surface area contributed by atoms with E-state index >= 15 is 0 Å². The van der Waals surface area contributed by atoms with Crippen molar-refractivity contribution in [2.45, 2.75) is 44.4 Å². The number of carbonyl (C=O) groups excluding carboxylic acids is 1. The number of anilines is 1. The van der Waals surface area contributed by atoms with Crippen molar-refractivity contribution in [3.8, 4) is 0 Å². The number of carbonyl (C=O) groups is 1. The topological polar surface area (TPSA) is 101 Å². The van der Waals surface area contributed by atoms with Crippen LogP contribution in [0.15, 0.2) is 52.8 Å². The molecule has 1 amide bonds. The summed E-state index contributed by atoms with van der Waals surface area (Å²) in [7, 11) is 1.71. The van der Waals surface area contributed by atoms with Gasteiger partial charge in [-0.3, -0.25) is 4.79 Å². The Bertz CT molecular complexity index is 896. The van der Waals surface area contributed by atoms with Gasteiger partial charge in [0.2, 0.25) is 0 Å². The number of ether oxygens (including phenoxy) is 2. The average Bonchev–Trinajstić information content (AvgIpc) is 2.82. The lowest BCUT2D eigenvalue weighted by Gasteiger charge is -2.38. The van der Waals surface area contributed by atoms with E-state index in [2.05, 4.69) is 22.2 Å². The van der Waals surface area contributed by atoms with Crippen LogP contribution in [-0.4, -0.2) is 68.7 Å². The summed E-state index contributed by atoms with van der Waals surface area (Å²) in [4.78, 5) is 19.2. The molecule has 2 atom stereocenters. The third-order valence-electron chi connectivity index (χ3n) is 6.17. The summed E-state index contributed by atoms with van der Waals surface area (Å²) in [5.41, 5.74) is 7.30. The number of benzene rings is 1. The van der Waals surface area contributed by atoms with Crippen molar-refractivity contribution in [2.24, 2.45) is 10.7 Å². The van der Waals surface area contributed by atoms with Gasteiger partial charge < -0.3 is 30.7 Å². The maximum Gasteiger partial charge on any atom is 0.272 e. The molecule has 0 radical (unpaired) electrons. The Hall–Kier alpha value is -2.75. The molecule has 0 saturated carbocycles. The Balaban J connectivity index is 1.62. The zero-order valence-corrected chi connectivity index (χ0v) is 19.4. The number of piperidine rings is 1. The number of allylic oxidation sites excluding steroid dienone is 1. The highest BCUT2D eigenvalue weighted by Gasteiger charge is 2.31. The van der Waals surface area contributed by atoms with Crippen LogP contribution in [0.5, 0.6) is 0 Å². The fourth-order valence-corrected chi connectivity index (χ4v) is 4.20. The highest BCUT2D eigenvalue weighted by Crippen LogP contribution is 2.22. The normalized spacial score (nSPS) is 22.8. The lowest BCUT2D eigenvalue weighted by atomic mass is 9.99. The number of likely N-dealkylation sites (tertiary alicyclic amines) is 1. The molecule has 180 valence electrons. The average molecular weight is 460 g/mol. The van der Waals surface area contributed by atoms with Crippen molar-refractivity contribution in [1.29, 1.82) is 0 Å². The van der Waals surface area contributed by atoms with E-state index < -0.39 is 0 Å². The smallest absolute Gasteiger partial charge is 0.272 e. The minimum absolute atomic E-state index is 0.0473. The fraction of sp³-hybridized carbons (Fsp3) is 0.500. The summed E-state index contributed by atoms with van der Waals surface area (Å²) in [5.74, 6) is -0.560. The van der Waals surface area contributed by atoms with Gasteiger partial charge in [0.1, 0.15) is 11.5 Å². The van der Waals surface area contributed by atoms with Gasteiger partial charge in [-0.05, 0) is 44.4 Å². The van der Waals surface area contributed by atoms with Crippen molar-refractivity contribution in [3.63, 3.8) is 0 Å². The molecule has 0 aliphatic carbocycles. The molecule has 1 aromatic rings. The van der Waals surface area contributed by atoms with E-state index in [1.165, 1.54) is 12.1 Å². The molecule has 0 bridgehead atoms. The first-order valence-corrected chi connectivity index (χ1v) is 11.3. The summed E-state index contributed by atoms with van der Waals surface area (Å²) in [6.07, 6.45) is 3.74. The lowest BCUT2D eigenvalue weighted by Crippen LogP contribution is -2.54. The first-order chi connectivity index (χ1) is 15.9. The number of aliphatic imine (C=N–C) groups is 1. The predicted molar refractivity (Wildman–Crippen MR) is 127 cm³/mol. The molecule has 8 nitrogen and oxygen atoms in total. The lowest BCUT2D eigenvalue weighted by molar-refractivity contribution is -0.128. The van der Waals surface area contributed by atoms with Crippen molar-refractivity contribution in [1.82, 2.24) is 10.2 Å². The number of nitrogens with one attached hydrogen (secondary N) is 2. The zero-order valence-electron chi connectivity index (χ0n) is 19.4. The molecule has 2 aliphatic heterocycles. The maximum atomic E-state index is 13.5. The largest absolute Gasteiger partial charge is 0.390 e. The van der Waals surface area contributed by atoms with Crippen LogP contribution in [0.2, 0.25) is 0 Å². The number of rotatable bonds is 8. The number of halogens is 1. The molecule has 2 unspecified atom stereocenters. The number of hydrogen-bond donors (Lipinski definition) is 3. The number of amides is 1. The SMILES string of the molecule is C=C(Nc1cccc(F)c1)/C(C)=C(\N=C/N)C(=O)N1CCC(NC2CCOCC2OC)CC1. The maximum absolute atomic E-state index is 13.5. The van der Waals surface area contributed by atoms with Crippen molar-refractivity contribution < 1.29 is 18.7 Å². The molecule has 2 heterocycles. The minimum Gasteiger partial charge on any atom is -0.390 e. The van der Waals surface area contributed by atoms with Crippen LogP contribution in [0.3, 0.4) is 0 Å². The quantitative estimate of drug-likeness (QED) is 0.239. The second-order valence-electron chi connectivity index (χ2n) is 8.34. The van der Waals surface area contributed by atoms with Gasteiger partial charge in [0.05, 0.1) is 19.0 Å². The molecule has 4 N–H and O–H groups in total. The van der Waals surface area contributed by atoms with Gasteiger partial charge in [0, 0.05) is 55.8 Å². The van der Waals surface area contributed by atoms with Crippen LogP contribution in [0.4, 0.5) is 10.1 Å². The van der Waals surface area contributed by atoms with Crippen LogP contribution < -0.4 is 16.4 Å². The minimum atomic E-state index is -0.361. The molecular weight excluding hydrogens is 425 g/mol. The molecule has 2 saturated heterocycles. The number of methoxy groups -OCH3 is 1. The van der Waals surface area contributed by atoms with Crippen LogP contribution in [0.25, 0.3) is 0 Å². The molecule has 2 fully saturated rings. The fourth-order valence-electron chi connectivity index (χ4n) is 4.20. The van der Waals surface area contributed by atoms with Gasteiger partial charge in [0.15, 0.2) is 0 Å². The van der Waals surface area contributed by atoms with Gasteiger partial charge >= 0.3 is 0 Å². The van der Waals surface area contributed by atoms with E-state index in [4.69, 9.17) is 15.2 Å². The molecule has 33 heavy (non-hydrogen) atoms. The Morgan fingerprint density at radius 3 is 2.79 bits per heavy atom. The van der Waals surface area contributed by atoms with Crippen molar-refractivity contribution in [2.75, 3.05) is 38.7 Å². The molecule has 1 aromatic carbocycles. The van der Waals surface area contributed by atoms with Gasteiger partial charge in [0.25, 0.3) is 5.91 Å². The zero-order chi connectivity index (χ0) is 23.8. The van der Waals surface area contributed by atoms with E-state index in [0.29, 0.717) is 42.7 Å². The molecule has 2 aliphatic rings. The monoisotopic (exact) mass is 459 g/mol. The number of hydrogen-bond acceptors (Lipinski definition) is 6. The van der Waals surface area contributed by atoms with E-state index in [0.717, 1.165) is 32.2 Å². The summed E-state index contributed by atoms with van der Waals surface area (Å²) >= 11 is 0. The van der Waals surface area contributed by atoms with E-state index in [9.17, 15) is 9.18 Å². The molecule has 3 rings (SSSR count). The second kappa shape index (κ2) is 11.9. The predicted octanol–water partition coefficient (Wildman–Crippen LogP) is 2.40.